The molecule has 0 bridgehead atoms. The third-order valence-corrected chi connectivity index (χ3v) is 3.87. The van der Waals surface area contributed by atoms with Gasteiger partial charge in [-0.25, -0.2) is 9.97 Å². The maximum atomic E-state index is 13.0. The second-order valence-corrected chi connectivity index (χ2v) is 6.06. The molecular formula is C20H22F3N3O3. The van der Waals surface area contributed by atoms with E-state index in [0.717, 1.165) is 18.6 Å². The van der Waals surface area contributed by atoms with Crippen molar-refractivity contribution >= 4 is 11.7 Å². The Morgan fingerprint density at radius 1 is 1.17 bits per heavy atom. The second-order valence-electron chi connectivity index (χ2n) is 6.06. The SMILES string of the molecule is CCOC(=O)CCCCCO/N=C(\c1cccc(C(F)(F)F)c1)c1ccncn1. The van der Waals surface area contributed by atoms with Crippen LogP contribution in [0.4, 0.5) is 13.2 Å². The fraction of sp³-hybridized carbons (Fsp3) is 0.400. The minimum atomic E-state index is -4.47. The zero-order chi connectivity index (χ0) is 21.1. The van der Waals surface area contributed by atoms with Crippen LogP contribution in [0.5, 0.6) is 0 Å². The standard InChI is InChI=1S/C20H22F3N3O3/c1-2-28-18(27)9-4-3-5-12-29-26-19(17-10-11-24-14-25-17)15-7-6-8-16(13-15)20(21,22)23/h6-8,10-11,13-14H,2-5,9,12H2,1H3/b26-19+. The lowest BCUT2D eigenvalue weighted by atomic mass is 10.0. The van der Waals surface area contributed by atoms with Crippen LogP contribution in [0.15, 0.2) is 48.0 Å². The van der Waals surface area contributed by atoms with Gasteiger partial charge in [0.2, 0.25) is 0 Å². The third kappa shape index (κ3) is 7.52. The van der Waals surface area contributed by atoms with Gasteiger partial charge in [-0.2, -0.15) is 13.2 Å². The molecule has 1 aromatic heterocycles. The van der Waals surface area contributed by atoms with Crippen LogP contribution in [0.25, 0.3) is 0 Å². The van der Waals surface area contributed by atoms with E-state index in [9.17, 15) is 18.0 Å². The summed E-state index contributed by atoms with van der Waals surface area (Å²) in [6, 6.07) is 6.36. The van der Waals surface area contributed by atoms with E-state index in [0.29, 0.717) is 31.6 Å². The molecule has 6 nitrogen and oxygen atoms in total. The smallest absolute Gasteiger partial charge is 0.416 e. The number of rotatable bonds is 10. The van der Waals surface area contributed by atoms with Gasteiger partial charge in [-0.1, -0.05) is 17.3 Å². The van der Waals surface area contributed by atoms with Crippen LogP contribution in [-0.4, -0.2) is 34.9 Å². The van der Waals surface area contributed by atoms with Gasteiger partial charge in [0.25, 0.3) is 0 Å². The first-order chi connectivity index (χ1) is 13.9. The molecule has 0 atom stereocenters. The zero-order valence-electron chi connectivity index (χ0n) is 16.0. The molecule has 0 fully saturated rings. The summed E-state index contributed by atoms with van der Waals surface area (Å²) < 4.78 is 44.0. The predicted octanol–water partition coefficient (Wildman–Crippen LogP) is 4.39. The van der Waals surface area contributed by atoms with E-state index in [1.807, 2.05) is 0 Å². The number of oxime groups is 1. The fourth-order valence-electron chi connectivity index (χ4n) is 2.48. The molecule has 0 aliphatic carbocycles. The Bertz CT molecular complexity index is 811. The van der Waals surface area contributed by atoms with E-state index >= 15 is 0 Å². The van der Waals surface area contributed by atoms with Gasteiger partial charge < -0.3 is 9.57 Å². The Morgan fingerprint density at radius 2 is 2.00 bits per heavy atom. The molecule has 0 aliphatic rings. The van der Waals surface area contributed by atoms with Crippen molar-refractivity contribution < 1.29 is 27.5 Å². The van der Waals surface area contributed by atoms with E-state index in [1.165, 1.54) is 24.7 Å². The number of alkyl halides is 3. The number of esters is 1. The lowest BCUT2D eigenvalue weighted by Gasteiger charge is -2.10. The Kier molecular flexibility index (Phi) is 8.57. The van der Waals surface area contributed by atoms with Gasteiger partial charge in [0.05, 0.1) is 17.9 Å². The summed E-state index contributed by atoms with van der Waals surface area (Å²) in [5, 5.41) is 4.02. The molecule has 0 saturated carbocycles. The van der Waals surface area contributed by atoms with Crippen molar-refractivity contribution in [2.24, 2.45) is 5.16 Å². The topological polar surface area (TPSA) is 73.7 Å². The largest absolute Gasteiger partial charge is 0.466 e. The van der Waals surface area contributed by atoms with Gasteiger partial charge in [0.1, 0.15) is 18.6 Å². The number of hydrogen-bond donors (Lipinski definition) is 0. The number of halogens is 3. The average molecular weight is 409 g/mol. The molecule has 0 saturated heterocycles. The van der Waals surface area contributed by atoms with Crippen molar-refractivity contribution in [3.05, 3.63) is 59.7 Å². The van der Waals surface area contributed by atoms with Crippen LogP contribution < -0.4 is 0 Å². The molecule has 0 spiro atoms. The molecule has 9 heteroatoms. The van der Waals surface area contributed by atoms with E-state index < -0.39 is 11.7 Å². The molecule has 1 aromatic carbocycles. The van der Waals surface area contributed by atoms with E-state index in [2.05, 4.69) is 15.1 Å². The fourth-order valence-corrected chi connectivity index (χ4v) is 2.48. The first kappa shape index (κ1) is 22.3. The number of ether oxygens (including phenoxy) is 1. The molecule has 0 unspecified atom stereocenters. The highest BCUT2D eigenvalue weighted by Gasteiger charge is 2.30. The normalized spacial score (nSPS) is 11.9. The van der Waals surface area contributed by atoms with Crippen molar-refractivity contribution in [2.75, 3.05) is 13.2 Å². The predicted molar refractivity (Wildman–Crippen MR) is 100 cm³/mol. The van der Waals surface area contributed by atoms with Crippen molar-refractivity contribution in [3.63, 3.8) is 0 Å². The Morgan fingerprint density at radius 3 is 2.69 bits per heavy atom. The van der Waals surface area contributed by atoms with Crippen LogP contribution in [0.1, 0.15) is 49.4 Å². The van der Waals surface area contributed by atoms with Crippen molar-refractivity contribution in [3.8, 4) is 0 Å². The van der Waals surface area contributed by atoms with Crippen molar-refractivity contribution in [1.82, 2.24) is 9.97 Å². The lowest BCUT2D eigenvalue weighted by molar-refractivity contribution is -0.143. The van der Waals surface area contributed by atoms with Crippen LogP contribution in [0, 0.1) is 0 Å². The summed E-state index contributed by atoms with van der Waals surface area (Å²) in [7, 11) is 0. The summed E-state index contributed by atoms with van der Waals surface area (Å²) in [5.41, 5.74) is -0.0109. The maximum Gasteiger partial charge on any atom is 0.416 e. The Balaban J connectivity index is 2.02. The number of carbonyl (C=O) groups is 1. The van der Waals surface area contributed by atoms with E-state index in [1.54, 1.807) is 13.0 Å². The lowest BCUT2D eigenvalue weighted by Crippen LogP contribution is -2.11. The molecule has 2 aromatic rings. The van der Waals surface area contributed by atoms with Crippen molar-refractivity contribution in [2.45, 2.75) is 38.8 Å². The highest BCUT2D eigenvalue weighted by Crippen LogP contribution is 2.30. The van der Waals surface area contributed by atoms with E-state index in [-0.39, 0.29) is 23.9 Å². The van der Waals surface area contributed by atoms with Crippen LogP contribution >= 0.6 is 0 Å². The zero-order valence-corrected chi connectivity index (χ0v) is 16.0. The summed E-state index contributed by atoms with van der Waals surface area (Å²) in [6.07, 6.45) is 0.677. The number of carbonyl (C=O) groups excluding carboxylic acids is 1. The third-order valence-electron chi connectivity index (χ3n) is 3.87. The molecule has 0 aliphatic heterocycles. The van der Waals surface area contributed by atoms with Gasteiger partial charge >= 0.3 is 12.1 Å². The Hall–Kier alpha value is -2.97. The first-order valence-electron chi connectivity index (χ1n) is 9.21. The minimum absolute atomic E-state index is 0.185. The van der Waals surface area contributed by atoms with Gasteiger partial charge in [0.15, 0.2) is 0 Å². The maximum absolute atomic E-state index is 13.0. The van der Waals surface area contributed by atoms with E-state index in [4.69, 9.17) is 9.57 Å². The number of unbranched alkanes of at least 4 members (excludes halogenated alkanes) is 2. The molecular weight excluding hydrogens is 387 g/mol. The molecule has 0 radical (unpaired) electrons. The summed E-state index contributed by atoms with van der Waals surface area (Å²) in [6.45, 7) is 2.37. The molecule has 29 heavy (non-hydrogen) atoms. The molecule has 156 valence electrons. The van der Waals surface area contributed by atoms with Gasteiger partial charge in [-0.05, 0) is 44.4 Å². The molecule has 1 heterocycles. The molecule has 0 amide bonds. The quantitative estimate of drug-likeness (QED) is 0.252. The Labute approximate surface area is 166 Å². The minimum Gasteiger partial charge on any atom is -0.466 e. The highest BCUT2D eigenvalue weighted by atomic mass is 19.4. The van der Waals surface area contributed by atoms with Gasteiger partial charge in [0, 0.05) is 18.2 Å². The summed E-state index contributed by atoms with van der Waals surface area (Å²) >= 11 is 0. The molecule has 0 N–H and O–H groups in total. The highest BCUT2D eigenvalue weighted by molar-refractivity contribution is 6.11. The van der Waals surface area contributed by atoms with Crippen LogP contribution in [-0.2, 0) is 20.5 Å². The van der Waals surface area contributed by atoms with Crippen LogP contribution in [0.3, 0.4) is 0 Å². The number of hydrogen-bond acceptors (Lipinski definition) is 6. The average Bonchev–Trinajstić information content (AvgIpc) is 2.70. The van der Waals surface area contributed by atoms with Gasteiger partial charge in [-0.15, -0.1) is 0 Å². The number of benzene rings is 1. The monoisotopic (exact) mass is 409 g/mol. The first-order valence-corrected chi connectivity index (χ1v) is 9.21. The van der Waals surface area contributed by atoms with Crippen molar-refractivity contribution in [1.29, 1.82) is 0 Å². The van der Waals surface area contributed by atoms with Crippen LogP contribution in [0.2, 0.25) is 0 Å². The molecule has 2 rings (SSSR count). The van der Waals surface area contributed by atoms with Gasteiger partial charge in [-0.3, -0.25) is 4.79 Å². The second kappa shape index (κ2) is 11.1. The number of aromatic nitrogens is 2. The number of nitrogens with zero attached hydrogens (tertiary/aromatic N) is 3. The summed E-state index contributed by atoms with van der Waals surface area (Å²) in [4.78, 5) is 24.4. The summed E-state index contributed by atoms with van der Waals surface area (Å²) in [5.74, 6) is -0.234.